The minimum atomic E-state index is -0.453. The Morgan fingerprint density at radius 3 is 2.59 bits per heavy atom. The van der Waals surface area contributed by atoms with Gasteiger partial charge >= 0.3 is 0 Å². The van der Waals surface area contributed by atoms with Crippen LogP contribution >= 0.6 is 0 Å². The fourth-order valence-electron chi connectivity index (χ4n) is 3.00. The SMILES string of the molecule is CCOC(CCCC1(N)CC(N)=Nc2ccccc21)OCC. The zero-order chi connectivity index (χ0) is 16.0. The second-order valence-electron chi connectivity index (χ2n) is 5.69. The van der Waals surface area contributed by atoms with Crippen LogP contribution in [0.2, 0.25) is 0 Å². The predicted octanol–water partition coefficient (Wildman–Crippen LogP) is 2.80. The first-order chi connectivity index (χ1) is 10.6. The predicted molar refractivity (Wildman–Crippen MR) is 89.1 cm³/mol. The summed E-state index contributed by atoms with van der Waals surface area (Å²) in [5.74, 6) is 0.604. The van der Waals surface area contributed by atoms with E-state index >= 15 is 0 Å². The van der Waals surface area contributed by atoms with Gasteiger partial charge in [0.05, 0.1) is 11.2 Å². The molecule has 1 aromatic rings. The van der Waals surface area contributed by atoms with Crippen LogP contribution in [0.3, 0.4) is 0 Å². The molecule has 0 spiro atoms. The van der Waals surface area contributed by atoms with Gasteiger partial charge in [0.25, 0.3) is 0 Å². The van der Waals surface area contributed by atoms with Gasteiger partial charge in [-0.15, -0.1) is 0 Å². The number of benzene rings is 1. The van der Waals surface area contributed by atoms with Crippen LogP contribution in [0.5, 0.6) is 0 Å². The van der Waals surface area contributed by atoms with Crippen molar-refractivity contribution in [1.29, 1.82) is 0 Å². The topological polar surface area (TPSA) is 82.9 Å². The molecule has 0 saturated heterocycles. The molecule has 0 aromatic heterocycles. The fourth-order valence-corrected chi connectivity index (χ4v) is 3.00. The lowest BCUT2D eigenvalue weighted by Crippen LogP contribution is -2.43. The molecule has 1 aromatic carbocycles. The lowest BCUT2D eigenvalue weighted by Gasteiger charge is -2.34. The van der Waals surface area contributed by atoms with Crippen molar-refractivity contribution in [3.63, 3.8) is 0 Å². The summed E-state index contributed by atoms with van der Waals surface area (Å²) >= 11 is 0. The Bertz CT molecular complexity index is 512. The molecule has 2 rings (SSSR count). The lowest BCUT2D eigenvalue weighted by atomic mass is 9.80. The summed E-state index contributed by atoms with van der Waals surface area (Å²) in [5.41, 5.74) is 14.1. The van der Waals surface area contributed by atoms with Gasteiger partial charge in [0.15, 0.2) is 6.29 Å². The van der Waals surface area contributed by atoms with Gasteiger partial charge in [-0.1, -0.05) is 18.2 Å². The molecule has 0 fully saturated rings. The van der Waals surface area contributed by atoms with Crippen molar-refractivity contribution < 1.29 is 9.47 Å². The number of ether oxygens (including phenoxy) is 2. The number of hydrogen-bond acceptors (Lipinski definition) is 5. The zero-order valence-electron chi connectivity index (χ0n) is 13.5. The largest absolute Gasteiger partial charge is 0.387 e. The van der Waals surface area contributed by atoms with Gasteiger partial charge in [-0.25, -0.2) is 4.99 Å². The number of fused-ring (bicyclic) bond motifs is 1. The standard InChI is InChI=1S/C17H27N3O2/c1-3-21-16(22-4-2)10-7-11-17(19)12-15(18)20-14-9-6-5-8-13(14)17/h5-6,8-9,16H,3-4,7,10-12,19H2,1-2H3,(H2,18,20). The summed E-state index contributed by atoms with van der Waals surface area (Å²) in [7, 11) is 0. The van der Waals surface area contributed by atoms with E-state index in [2.05, 4.69) is 4.99 Å². The van der Waals surface area contributed by atoms with Crippen molar-refractivity contribution in [3.8, 4) is 0 Å². The second-order valence-corrected chi connectivity index (χ2v) is 5.69. The Morgan fingerprint density at radius 2 is 1.91 bits per heavy atom. The molecule has 0 saturated carbocycles. The number of nitrogens with zero attached hydrogens (tertiary/aromatic N) is 1. The Balaban J connectivity index is 2.01. The van der Waals surface area contributed by atoms with E-state index in [0.29, 0.717) is 25.5 Å². The Kier molecular flexibility index (Phi) is 5.94. The van der Waals surface area contributed by atoms with Crippen LogP contribution in [-0.2, 0) is 15.0 Å². The van der Waals surface area contributed by atoms with Crippen molar-refractivity contribution in [2.24, 2.45) is 16.5 Å². The molecule has 0 bridgehead atoms. The third kappa shape index (κ3) is 4.06. The van der Waals surface area contributed by atoms with E-state index in [4.69, 9.17) is 20.9 Å². The molecular formula is C17H27N3O2. The van der Waals surface area contributed by atoms with E-state index < -0.39 is 5.54 Å². The Morgan fingerprint density at radius 1 is 1.23 bits per heavy atom. The summed E-state index contributed by atoms with van der Waals surface area (Å²) in [6.07, 6.45) is 3.03. The van der Waals surface area contributed by atoms with Crippen LogP contribution in [-0.4, -0.2) is 25.3 Å². The number of hydrogen-bond donors (Lipinski definition) is 2. The molecule has 1 heterocycles. The molecule has 0 amide bonds. The monoisotopic (exact) mass is 305 g/mol. The molecule has 5 heteroatoms. The second kappa shape index (κ2) is 7.72. The summed E-state index contributed by atoms with van der Waals surface area (Å²) in [6, 6.07) is 7.97. The maximum absolute atomic E-state index is 6.65. The summed E-state index contributed by atoms with van der Waals surface area (Å²) in [5, 5.41) is 0. The zero-order valence-corrected chi connectivity index (χ0v) is 13.5. The first-order valence-corrected chi connectivity index (χ1v) is 8.03. The molecule has 122 valence electrons. The summed E-state index contributed by atoms with van der Waals surface area (Å²) in [6.45, 7) is 5.26. The number of amidine groups is 1. The van der Waals surface area contributed by atoms with Gasteiger partial charge in [-0.3, -0.25) is 0 Å². The number of para-hydroxylation sites is 1. The van der Waals surface area contributed by atoms with Gasteiger partial charge < -0.3 is 20.9 Å². The van der Waals surface area contributed by atoms with E-state index in [1.807, 2.05) is 38.1 Å². The van der Waals surface area contributed by atoms with E-state index in [9.17, 15) is 0 Å². The Labute approximate surface area is 132 Å². The third-order valence-electron chi connectivity index (χ3n) is 3.97. The maximum atomic E-state index is 6.65. The van der Waals surface area contributed by atoms with Crippen LogP contribution in [0.1, 0.15) is 45.1 Å². The molecule has 0 aliphatic carbocycles. The first-order valence-electron chi connectivity index (χ1n) is 8.03. The minimum absolute atomic E-state index is 0.150. The average Bonchev–Trinajstić information content (AvgIpc) is 2.47. The van der Waals surface area contributed by atoms with Crippen LogP contribution in [0, 0.1) is 0 Å². The molecular weight excluding hydrogens is 278 g/mol. The molecule has 5 nitrogen and oxygen atoms in total. The minimum Gasteiger partial charge on any atom is -0.387 e. The molecule has 1 atom stereocenters. The Hall–Kier alpha value is -1.43. The van der Waals surface area contributed by atoms with Crippen LogP contribution in [0.15, 0.2) is 29.3 Å². The highest BCUT2D eigenvalue weighted by Crippen LogP contribution is 2.38. The first kappa shape index (κ1) is 16.9. The van der Waals surface area contributed by atoms with Gasteiger partial charge in [-0.05, 0) is 44.7 Å². The number of rotatable bonds is 8. The van der Waals surface area contributed by atoms with Crippen molar-refractivity contribution in [2.75, 3.05) is 13.2 Å². The van der Waals surface area contributed by atoms with Crippen molar-refractivity contribution in [3.05, 3.63) is 29.8 Å². The van der Waals surface area contributed by atoms with Gasteiger partial charge in [-0.2, -0.15) is 0 Å². The van der Waals surface area contributed by atoms with Gasteiger partial charge in [0, 0.05) is 19.6 Å². The van der Waals surface area contributed by atoms with Crippen LogP contribution in [0.4, 0.5) is 5.69 Å². The lowest BCUT2D eigenvalue weighted by molar-refractivity contribution is -0.140. The number of aliphatic imine (C=N–C) groups is 1. The molecule has 0 radical (unpaired) electrons. The highest BCUT2D eigenvalue weighted by molar-refractivity contribution is 5.87. The highest BCUT2D eigenvalue weighted by atomic mass is 16.7. The summed E-state index contributed by atoms with van der Waals surface area (Å²) in [4.78, 5) is 4.41. The maximum Gasteiger partial charge on any atom is 0.157 e. The van der Waals surface area contributed by atoms with Gasteiger partial charge in [0.2, 0.25) is 0 Å². The molecule has 1 aliphatic rings. The molecule has 1 aliphatic heterocycles. The normalized spacial score (nSPS) is 20.8. The van der Waals surface area contributed by atoms with E-state index in [-0.39, 0.29) is 6.29 Å². The van der Waals surface area contributed by atoms with Crippen molar-refractivity contribution in [1.82, 2.24) is 0 Å². The molecule has 1 unspecified atom stereocenters. The average molecular weight is 305 g/mol. The van der Waals surface area contributed by atoms with Crippen molar-refractivity contribution >= 4 is 11.5 Å². The summed E-state index contributed by atoms with van der Waals surface area (Å²) < 4.78 is 11.2. The van der Waals surface area contributed by atoms with E-state index in [1.54, 1.807) is 0 Å². The van der Waals surface area contributed by atoms with Crippen LogP contribution < -0.4 is 11.5 Å². The molecule has 22 heavy (non-hydrogen) atoms. The fraction of sp³-hybridized carbons (Fsp3) is 0.588. The van der Waals surface area contributed by atoms with Crippen LogP contribution in [0.25, 0.3) is 0 Å². The van der Waals surface area contributed by atoms with Gasteiger partial charge in [0.1, 0.15) is 5.84 Å². The van der Waals surface area contributed by atoms with E-state index in [0.717, 1.165) is 30.5 Å². The third-order valence-corrected chi connectivity index (χ3v) is 3.97. The quantitative estimate of drug-likeness (QED) is 0.723. The number of nitrogens with two attached hydrogens (primary N) is 2. The van der Waals surface area contributed by atoms with Crippen molar-refractivity contribution in [2.45, 2.75) is 51.4 Å². The smallest absolute Gasteiger partial charge is 0.157 e. The highest BCUT2D eigenvalue weighted by Gasteiger charge is 2.33. The molecule has 4 N–H and O–H groups in total. The van der Waals surface area contributed by atoms with E-state index in [1.165, 1.54) is 0 Å².